The van der Waals surface area contributed by atoms with E-state index >= 15 is 0 Å². The van der Waals surface area contributed by atoms with Gasteiger partial charge >= 0.3 is 0 Å². The topological polar surface area (TPSA) is 20.3 Å². The maximum Gasteiger partial charge on any atom is 0.225 e. The minimum atomic E-state index is 0.116. The van der Waals surface area contributed by atoms with E-state index in [1.54, 1.807) is 0 Å². The fraction of sp³-hybridized carbons (Fsp3) is 0.933. The third-order valence-electron chi connectivity index (χ3n) is 4.47. The first kappa shape index (κ1) is 14.5. The normalized spacial score (nSPS) is 26.4. The van der Waals surface area contributed by atoms with Crippen LogP contribution in [0.4, 0.5) is 0 Å². The first-order valence-corrected chi connectivity index (χ1v) is 7.13. The van der Waals surface area contributed by atoms with Crippen molar-refractivity contribution in [1.82, 2.24) is 4.90 Å². The van der Waals surface area contributed by atoms with Crippen molar-refractivity contribution in [3.05, 3.63) is 0 Å². The minimum absolute atomic E-state index is 0.116. The lowest BCUT2D eigenvalue weighted by Gasteiger charge is -2.48. The summed E-state index contributed by atoms with van der Waals surface area (Å²) in [5.74, 6) is 0.453. The highest BCUT2D eigenvalue weighted by Gasteiger charge is 2.40. The van der Waals surface area contributed by atoms with Crippen molar-refractivity contribution >= 4 is 5.91 Å². The average molecular weight is 239 g/mol. The van der Waals surface area contributed by atoms with Crippen LogP contribution in [0.25, 0.3) is 0 Å². The molecule has 1 aliphatic heterocycles. The van der Waals surface area contributed by atoms with Crippen LogP contribution < -0.4 is 0 Å². The van der Waals surface area contributed by atoms with Crippen LogP contribution in [0.15, 0.2) is 0 Å². The maximum absolute atomic E-state index is 12.4. The molecule has 1 fully saturated rings. The van der Waals surface area contributed by atoms with E-state index in [1.807, 2.05) is 13.8 Å². The molecule has 0 aromatic rings. The molecule has 0 aliphatic carbocycles. The highest BCUT2D eigenvalue weighted by atomic mass is 16.2. The summed E-state index contributed by atoms with van der Waals surface area (Å²) in [6.45, 7) is 13.1. The molecule has 0 aromatic carbocycles. The average Bonchev–Trinajstić information content (AvgIpc) is 2.27. The monoisotopic (exact) mass is 239 g/mol. The number of likely N-dealkylation sites (tertiary alicyclic amines) is 1. The van der Waals surface area contributed by atoms with Gasteiger partial charge in [-0.2, -0.15) is 0 Å². The largest absolute Gasteiger partial charge is 0.336 e. The Morgan fingerprint density at radius 1 is 1.35 bits per heavy atom. The summed E-state index contributed by atoms with van der Waals surface area (Å²) in [4.78, 5) is 14.6. The number of rotatable bonds is 3. The van der Waals surface area contributed by atoms with E-state index < -0.39 is 0 Å². The summed E-state index contributed by atoms with van der Waals surface area (Å²) < 4.78 is 0. The first-order valence-electron chi connectivity index (χ1n) is 7.13. The summed E-state index contributed by atoms with van der Waals surface area (Å²) in [5, 5.41) is 0. The quantitative estimate of drug-likeness (QED) is 0.732. The van der Waals surface area contributed by atoms with Gasteiger partial charge in [0.05, 0.1) is 0 Å². The first-order chi connectivity index (χ1) is 7.81. The van der Waals surface area contributed by atoms with Crippen LogP contribution in [-0.4, -0.2) is 22.9 Å². The van der Waals surface area contributed by atoms with E-state index in [0.29, 0.717) is 18.0 Å². The predicted octanol–water partition coefficient (Wildman–Crippen LogP) is 3.85. The molecule has 0 spiro atoms. The number of hydrogen-bond donors (Lipinski definition) is 0. The van der Waals surface area contributed by atoms with Gasteiger partial charge in [-0.15, -0.1) is 0 Å². The lowest BCUT2D eigenvalue weighted by molar-refractivity contribution is -0.145. The van der Waals surface area contributed by atoms with E-state index in [0.717, 1.165) is 12.8 Å². The van der Waals surface area contributed by atoms with E-state index in [4.69, 9.17) is 0 Å². The zero-order valence-electron chi connectivity index (χ0n) is 12.4. The zero-order valence-corrected chi connectivity index (χ0v) is 12.4. The Bertz CT molecular complexity index is 270. The third-order valence-corrected chi connectivity index (χ3v) is 4.47. The third kappa shape index (κ3) is 3.02. The maximum atomic E-state index is 12.4. The second kappa shape index (κ2) is 5.41. The van der Waals surface area contributed by atoms with Crippen LogP contribution in [0.3, 0.4) is 0 Å². The van der Waals surface area contributed by atoms with Gasteiger partial charge in [0.1, 0.15) is 0 Å². The van der Waals surface area contributed by atoms with Gasteiger partial charge in [-0.25, -0.2) is 0 Å². The standard InChI is InChI=1S/C15H29NO/c1-7-15(5,6)13-10-8-9-12(4)16(13)14(17)11(2)3/h11-13H,7-10H2,1-6H3. The number of amides is 1. The lowest BCUT2D eigenvalue weighted by atomic mass is 9.75. The molecule has 0 aromatic heterocycles. The summed E-state index contributed by atoms with van der Waals surface area (Å²) in [5.41, 5.74) is 0.235. The van der Waals surface area contributed by atoms with Crippen LogP contribution in [0, 0.1) is 11.3 Å². The molecular formula is C15H29NO. The van der Waals surface area contributed by atoms with Gasteiger partial charge in [0.2, 0.25) is 5.91 Å². The fourth-order valence-electron chi connectivity index (χ4n) is 2.86. The highest BCUT2D eigenvalue weighted by molar-refractivity contribution is 5.79. The Morgan fingerprint density at radius 2 is 1.94 bits per heavy atom. The molecule has 1 amide bonds. The van der Waals surface area contributed by atoms with Crippen molar-refractivity contribution in [3.63, 3.8) is 0 Å². The van der Waals surface area contributed by atoms with Crippen LogP contribution in [0.5, 0.6) is 0 Å². The molecule has 2 unspecified atom stereocenters. The Balaban J connectivity index is 2.96. The van der Waals surface area contributed by atoms with Gasteiger partial charge < -0.3 is 4.90 Å². The molecule has 100 valence electrons. The molecule has 1 aliphatic rings. The van der Waals surface area contributed by atoms with Gasteiger partial charge in [-0.1, -0.05) is 34.6 Å². The van der Waals surface area contributed by atoms with Crippen LogP contribution in [0.1, 0.15) is 67.2 Å². The van der Waals surface area contributed by atoms with Gasteiger partial charge in [0, 0.05) is 18.0 Å². The summed E-state index contributed by atoms with van der Waals surface area (Å²) in [7, 11) is 0. The van der Waals surface area contributed by atoms with E-state index in [-0.39, 0.29) is 11.3 Å². The molecular weight excluding hydrogens is 210 g/mol. The SMILES string of the molecule is CCC(C)(C)C1CCCC(C)N1C(=O)C(C)C. The second-order valence-electron chi connectivity index (χ2n) is 6.54. The van der Waals surface area contributed by atoms with Crippen molar-refractivity contribution in [2.75, 3.05) is 0 Å². The molecule has 0 N–H and O–H groups in total. The van der Waals surface area contributed by atoms with Gasteiger partial charge in [0.15, 0.2) is 0 Å². The van der Waals surface area contributed by atoms with Crippen LogP contribution in [-0.2, 0) is 4.79 Å². The molecule has 2 nitrogen and oxygen atoms in total. The van der Waals surface area contributed by atoms with E-state index in [2.05, 4.69) is 32.6 Å². The Kier molecular flexibility index (Phi) is 4.62. The van der Waals surface area contributed by atoms with E-state index in [1.165, 1.54) is 12.8 Å². The predicted molar refractivity (Wildman–Crippen MR) is 72.9 cm³/mol. The second-order valence-corrected chi connectivity index (χ2v) is 6.54. The van der Waals surface area contributed by atoms with Crippen molar-refractivity contribution < 1.29 is 4.79 Å². The molecule has 1 saturated heterocycles. The van der Waals surface area contributed by atoms with Gasteiger partial charge in [0.25, 0.3) is 0 Å². The highest BCUT2D eigenvalue weighted by Crippen LogP contribution is 2.37. The van der Waals surface area contributed by atoms with Crippen molar-refractivity contribution in [2.24, 2.45) is 11.3 Å². The summed E-state index contributed by atoms with van der Waals surface area (Å²) in [6.07, 6.45) is 4.72. The molecule has 17 heavy (non-hydrogen) atoms. The molecule has 0 saturated carbocycles. The van der Waals surface area contributed by atoms with E-state index in [9.17, 15) is 4.79 Å². The number of carbonyl (C=O) groups is 1. The molecule has 1 heterocycles. The minimum Gasteiger partial charge on any atom is -0.336 e. The summed E-state index contributed by atoms with van der Waals surface area (Å²) in [6, 6.07) is 0.834. The Hall–Kier alpha value is -0.530. The molecule has 0 bridgehead atoms. The molecule has 2 atom stereocenters. The summed E-state index contributed by atoms with van der Waals surface area (Å²) >= 11 is 0. The number of nitrogens with zero attached hydrogens (tertiary/aromatic N) is 1. The number of piperidine rings is 1. The Labute approximate surface area is 107 Å². The smallest absolute Gasteiger partial charge is 0.225 e. The Morgan fingerprint density at radius 3 is 2.41 bits per heavy atom. The lowest BCUT2D eigenvalue weighted by Crippen LogP contribution is -2.55. The number of carbonyl (C=O) groups excluding carboxylic acids is 1. The molecule has 2 heteroatoms. The molecule has 0 radical (unpaired) electrons. The van der Waals surface area contributed by atoms with Crippen molar-refractivity contribution in [1.29, 1.82) is 0 Å². The van der Waals surface area contributed by atoms with Gasteiger partial charge in [-0.3, -0.25) is 4.79 Å². The van der Waals surface area contributed by atoms with Crippen molar-refractivity contribution in [2.45, 2.75) is 79.3 Å². The van der Waals surface area contributed by atoms with Crippen LogP contribution in [0.2, 0.25) is 0 Å². The van der Waals surface area contributed by atoms with Gasteiger partial charge in [-0.05, 0) is 38.0 Å². The molecule has 1 rings (SSSR count). The number of hydrogen-bond acceptors (Lipinski definition) is 1. The van der Waals surface area contributed by atoms with Crippen LogP contribution >= 0.6 is 0 Å². The fourth-order valence-corrected chi connectivity index (χ4v) is 2.86. The van der Waals surface area contributed by atoms with Crippen molar-refractivity contribution in [3.8, 4) is 0 Å². The zero-order chi connectivity index (χ0) is 13.2.